The molecule has 1 aromatic heterocycles. The van der Waals surface area contributed by atoms with Crippen molar-refractivity contribution in [1.82, 2.24) is 0 Å². The molecule has 2 aromatic rings. The van der Waals surface area contributed by atoms with Gasteiger partial charge in [0, 0.05) is 12.5 Å². The van der Waals surface area contributed by atoms with E-state index in [1.165, 1.54) is 0 Å². The highest BCUT2D eigenvalue weighted by Gasteiger charge is 2.03. The largest absolute Gasteiger partial charge is 0.431 e. The molecule has 0 N–H and O–H groups in total. The number of aryl methyl sites for hydroxylation is 1. The summed E-state index contributed by atoms with van der Waals surface area (Å²) in [5.41, 5.74) is 0. The van der Waals surface area contributed by atoms with E-state index in [2.05, 4.69) is 0 Å². The van der Waals surface area contributed by atoms with Gasteiger partial charge >= 0.3 is 0 Å². The Hall–Kier alpha value is -1.96. The van der Waals surface area contributed by atoms with Gasteiger partial charge in [0.2, 0.25) is 0 Å². The molecular weight excluding hydrogens is 212 g/mol. The molecule has 1 radical (unpaired) electrons. The third kappa shape index (κ3) is 3.52. The average Bonchev–Trinajstić information content (AvgIpc) is 2.79. The first-order valence-electron chi connectivity index (χ1n) is 5.73. The van der Waals surface area contributed by atoms with E-state index in [9.17, 15) is 0 Å². The fourth-order valence-corrected chi connectivity index (χ4v) is 1.55. The lowest BCUT2D eigenvalue weighted by Crippen LogP contribution is -1.81. The van der Waals surface area contributed by atoms with Gasteiger partial charge in [0.1, 0.15) is 11.5 Å². The van der Waals surface area contributed by atoms with Crippen molar-refractivity contribution in [3.05, 3.63) is 60.9 Å². The molecule has 1 heterocycles. The van der Waals surface area contributed by atoms with Gasteiger partial charge in [-0.05, 0) is 31.0 Å². The highest BCUT2D eigenvalue weighted by Crippen LogP contribution is 2.24. The fourth-order valence-electron chi connectivity index (χ4n) is 1.55. The van der Waals surface area contributed by atoms with E-state index in [-0.39, 0.29) is 0 Å². The SMILES string of the molecule is [CH]=CCCCc1ccc(Oc2ccccc2)o1. The first-order chi connectivity index (χ1) is 8.38. The number of benzene rings is 1. The third-order valence-electron chi connectivity index (χ3n) is 2.39. The molecule has 2 rings (SSSR count). The molecule has 0 aliphatic heterocycles. The summed E-state index contributed by atoms with van der Waals surface area (Å²) in [6.45, 7) is 5.32. The summed E-state index contributed by atoms with van der Waals surface area (Å²) in [6.07, 6.45) is 4.44. The normalized spacial score (nSPS) is 10.1. The summed E-state index contributed by atoms with van der Waals surface area (Å²) in [6, 6.07) is 13.4. The van der Waals surface area contributed by atoms with Crippen LogP contribution >= 0.6 is 0 Å². The van der Waals surface area contributed by atoms with Gasteiger partial charge < -0.3 is 9.15 Å². The Kier molecular flexibility index (Phi) is 4.03. The number of para-hydroxylation sites is 1. The Morgan fingerprint density at radius 1 is 1.12 bits per heavy atom. The lowest BCUT2D eigenvalue weighted by Gasteiger charge is -2.00. The van der Waals surface area contributed by atoms with Gasteiger partial charge in [0.15, 0.2) is 0 Å². The van der Waals surface area contributed by atoms with E-state index in [1.54, 1.807) is 6.08 Å². The molecule has 0 saturated heterocycles. The number of allylic oxidation sites excluding steroid dienone is 1. The summed E-state index contributed by atoms with van der Waals surface area (Å²) >= 11 is 0. The molecule has 0 aliphatic rings. The maximum atomic E-state index is 5.57. The van der Waals surface area contributed by atoms with Crippen LogP contribution in [0.15, 0.2) is 53.0 Å². The van der Waals surface area contributed by atoms with Gasteiger partial charge in [0.05, 0.1) is 0 Å². The fraction of sp³-hybridized carbons (Fsp3) is 0.200. The van der Waals surface area contributed by atoms with Crippen LogP contribution in [0.5, 0.6) is 11.7 Å². The molecule has 0 spiro atoms. The zero-order valence-corrected chi connectivity index (χ0v) is 9.63. The third-order valence-corrected chi connectivity index (χ3v) is 2.39. The molecule has 0 bridgehead atoms. The van der Waals surface area contributed by atoms with Crippen molar-refractivity contribution < 1.29 is 9.15 Å². The van der Waals surface area contributed by atoms with Crippen LogP contribution < -0.4 is 4.74 Å². The van der Waals surface area contributed by atoms with Crippen LogP contribution in [0.25, 0.3) is 0 Å². The van der Waals surface area contributed by atoms with Crippen molar-refractivity contribution in [2.45, 2.75) is 19.3 Å². The van der Waals surface area contributed by atoms with Crippen molar-refractivity contribution in [3.8, 4) is 11.7 Å². The standard InChI is InChI=1S/C15H15O2/c1-2-3-5-8-14-11-12-15(17-14)16-13-9-6-4-7-10-13/h1-2,4,6-7,9-12H,3,5,8H2. The molecule has 0 unspecified atom stereocenters. The first-order valence-corrected chi connectivity index (χ1v) is 5.73. The van der Waals surface area contributed by atoms with Crippen molar-refractivity contribution in [3.63, 3.8) is 0 Å². The summed E-state index contributed by atoms with van der Waals surface area (Å²) in [4.78, 5) is 0. The summed E-state index contributed by atoms with van der Waals surface area (Å²) in [7, 11) is 0. The molecule has 0 aliphatic carbocycles. The Labute approximate surface area is 102 Å². The number of hydrogen-bond donors (Lipinski definition) is 0. The van der Waals surface area contributed by atoms with Gasteiger partial charge in [-0.25, -0.2) is 0 Å². The van der Waals surface area contributed by atoms with Crippen LogP contribution in [0, 0.1) is 6.58 Å². The monoisotopic (exact) mass is 227 g/mol. The number of hydrogen-bond acceptors (Lipinski definition) is 2. The topological polar surface area (TPSA) is 22.4 Å². The number of furan rings is 1. The van der Waals surface area contributed by atoms with Crippen molar-refractivity contribution in [2.75, 3.05) is 0 Å². The Morgan fingerprint density at radius 2 is 1.94 bits per heavy atom. The maximum Gasteiger partial charge on any atom is 0.290 e. The predicted molar refractivity (Wildman–Crippen MR) is 67.0 cm³/mol. The van der Waals surface area contributed by atoms with Crippen LogP contribution in [0.4, 0.5) is 0 Å². The highest BCUT2D eigenvalue weighted by molar-refractivity contribution is 5.26. The highest BCUT2D eigenvalue weighted by atomic mass is 16.6. The van der Waals surface area contributed by atoms with Crippen molar-refractivity contribution >= 4 is 0 Å². The zero-order valence-electron chi connectivity index (χ0n) is 9.63. The quantitative estimate of drug-likeness (QED) is 0.683. The zero-order chi connectivity index (χ0) is 11.9. The van der Waals surface area contributed by atoms with Gasteiger partial charge in [-0.15, -0.1) is 0 Å². The van der Waals surface area contributed by atoms with Gasteiger partial charge in [-0.3, -0.25) is 0 Å². The maximum absolute atomic E-state index is 5.57. The lowest BCUT2D eigenvalue weighted by atomic mass is 10.2. The van der Waals surface area contributed by atoms with Crippen LogP contribution in [0.2, 0.25) is 0 Å². The molecule has 2 nitrogen and oxygen atoms in total. The Morgan fingerprint density at radius 3 is 2.71 bits per heavy atom. The Bertz CT molecular complexity index is 457. The lowest BCUT2D eigenvalue weighted by molar-refractivity contribution is 0.331. The number of ether oxygens (including phenoxy) is 1. The summed E-state index contributed by atoms with van der Waals surface area (Å²) in [5, 5.41) is 0. The van der Waals surface area contributed by atoms with E-state index in [4.69, 9.17) is 15.7 Å². The molecule has 0 fully saturated rings. The molecule has 87 valence electrons. The molecule has 17 heavy (non-hydrogen) atoms. The smallest absolute Gasteiger partial charge is 0.290 e. The number of unbranched alkanes of at least 4 members (excludes halogenated alkanes) is 1. The molecule has 0 saturated carbocycles. The van der Waals surface area contributed by atoms with E-state index in [0.717, 1.165) is 30.8 Å². The van der Waals surface area contributed by atoms with Crippen LogP contribution in [0.3, 0.4) is 0 Å². The van der Waals surface area contributed by atoms with E-state index in [0.29, 0.717) is 5.95 Å². The molecule has 0 amide bonds. The average molecular weight is 227 g/mol. The van der Waals surface area contributed by atoms with Crippen molar-refractivity contribution in [1.29, 1.82) is 0 Å². The second-order valence-corrected chi connectivity index (χ2v) is 3.76. The van der Waals surface area contributed by atoms with Gasteiger partial charge in [-0.2, -0.15) is 0 Å². The van der Waals surface area contributed by atoms with Crippen LogP contribution in [-0.4, -0.2) is 0 Å². The molecule has 2 heteroatoms. The summed E-state index contributed by atoms with van der Waals surface area (Å²) < 4.78 is 11.1. The van der Waals surface area contributed by atoms with Gasteiger partial charge in [-0.1, -0.05) is 30.9 Å². The van der Waals surface area contributed by atoms with E-state index < -0.39 is 0 Å². The van der Waals surface area contributed by atoms with Crippen LogP contribution in [0.1, 0.15) is 18.6 Å². The Balaban J connectivity index is 1.92. The van der Waals surface area contributed by atoms with Crippen LogP contribution in [-0.2, 0) is 6.42 Å². The molecule has 1 aromatic carbocycles. The van der Waals surface area contributed by atoms with E-state index in [1.807, 2.05) is 42.5 Å². The van der Waals surface area contributed by atoms with Crippen molar-refractivity contribution in [2.24, 2.45) is 0 Å². The second kappa shape index (κ2) is 5.94. The molecular formula is C15H15O2. The minimum Gasteiger partial charge on any atom is -0.431 e. The summed E-state index contributed by atoms with van der Waals surface area (Å²) in [5.74, 6) is 2.24. The van der Waals surface area contributed by atoms with Gasteiger partial charge in [0.25, 0.3) is 5.95 Å². The molecule has 0 atom stereocenters. The minimum atomic E-state index is 0.530. The minimum absolute atomic E-state index is 0.530. The predicted octanol–water partition coefficient (Wildman–Crippen LogP) is 4.38. The first kappa shape index (κ1) is 11.5. The number of rotatable bonds is 6. The van der Waals surface area contributed by atoms with E-state index >= 15 is 0 Å². The second-order valence-electron chi connectivity index (χ2n) is 3.76.